The first-order valence-corrected chi connectivity index (χ1v) is 6.62. The monoisotopic (exact) mass is 261 g/mol. The summed E-state index contributed by atoms with van der Waals surface area (Å²) in [5.41, 5.74) is 1.98. The first kappa shape index (κ1) is 12.6. The van der Waals surface area contributed by atoms with Gasteiger partial charge in [0.05, 0.1) is 6.42 Å². The van der Waals surface area contributed by atoms with Crippen LogP contribution in [0.15, 0.2) is 41.1 Å². The van der Waals surface area contributed by atoms with Crippen molar-refractivity contribution in [3.05, 3.63) is 52.2 Å². The molecule has 94 valence electrons. The zero-order chi connectivity index (χ0) is 13.0. The minimum atomic E-state index is 0.0480. The lowest BCUT2D eigenvalue weighted by Gasteiger charge is -2.16. The Labute approximate surface area is 110 Å². The standard InChI is InChI=1S/C14H15NO2S/c1-15(9-12-5-6-18-10-12)14(17)8-11-3-2-4-13(16)7-11/h2-7,10,16H,8-9H2,1H3. The SMILES string of the molecule is CN(Cc1ccsc1)C(=O)Cc1cccc(O)c1. The number of phenolic OH excluding ortho intramolecular Hbond substituents is 1. The van der Waals surface area contributed by atoms with E-state index in [1.54, 1.807) is 41.5 Å². The van der Waals surface area contributed by atoms with E-state index < -0.39 is 0 Å². The molecule has 0 saturated carbocycles. The summed E-state index contributed by atoms with van der Waals surface area (Å²) in [4.78, 5) is 13.7. The van der Waals surface area contributed by atoms with E-state index in [9.17, 15) is 9.90 Å². The lowest BCUT2D eigenvalue weighted by molar-refractivity contribution is -0.129. The van der Waals surface area contributed by atoms with Crippen LogP contribution in [0.5, 0.6) is 5.75 Å². The Morgan fingerprint density at radius 3 is 2.83 bits per heavy atom. The summed E-state index contributed by atoms with van der Waals surface area (Å²) in [6.07, 6.45) is 0.315. The minimum Gasteiger partial charge on any atom is -0.508 e. The molecule has 1 N–H and O–H groups in total. The van der Waals surface area contributed by atoms with E-state index in [0.717, 1.165) is 11.1 Å². The highest BCUT2D eigenvalue weighted by Crippen LogP contribution is 2.13. The third kappa shape index (κ3) is 3.34. The van der Waals surface area contributed by atoms with Gasteiger partial charge in [0.25, 0.3) is 0 Å². The quantitative estimate of drug-likeness (QED) is 0.919. The van der Waals surface area contributed by atoms with Gasteiger partial charge in [0.15, 0.2) is 0 Å². The van der Waals surface area contributed by atoms with Crippen LogP contribution in [0.2, 0.25) is 0 Å². The summed E-state index contributed by atoms with van der Waals surface area (Å²) in [5, 5.41) is 13.4. The van der Waals surface area contributed by atoms with Gasteiger partial charge in [-0.2, -0.15) is 11.3 Å². The Hall–Kier alpha value is -1.81. The van der Waals surface area contributed by atoms with Gasteiger partial charge in [-0.05, 0) is 40.1 Å². The number of benzene rings is 1. The van der Waals surface area contributed by atoms with Crippen LogP contribution in [0.1, 0.15) is 11.1 Å². The van der Waals surface area contributed by atoms with E-state index in [1.165, 1.54) is 0 Å². The van der Waals surface area contributed by atoms with Crippen molar-refractivity contribution in [2.45, 2.75) is 13.0 Å². The number of hydrogen-bond donors (Lipinski definition) is 1. The molecule has 1 amide bonds. The van der Waals surface area contributed by atoms with Crippen molar-refractivity contribution < 1.29 is 9.90 Å². The summed E-state index contributed by atoms with van der Waals surface area (Å²) in [5.74, 6) is 0.243. The van der Waals surface area contributed by atoms with E-state index in [0.29, 0.717) is 13.0 Å². The number of thiophene rings is 1. The molecule has 0 aliphatic rings. The average Bonchev–Trinajstić information content (AvgIpc) is 2.81. The molecular weight excluding hydrogens is 246 g/mol. The van der Waals surface area contributed by atoms with Crippen LogP contribution < -0.4 is 0 Å². The molecule has 0 aliphatic carbocycles. The van der Waals surface area contributed by atoms with Crippen LogP contribution in [0.4, 0.5) is 0 Å². The molecule has 0 fully saturated rings. The Bertz CT molecular complexity index is 522. The maximum Gasteiger partial charge on any atom is 0.227 e. The molecule has 0 aliphatic heterocycles. The Morgan fingerprint density at radius 1 is 1.33 bits per heavy atom. The molecule has 0 bridgehead atoms. The maximum absolute atomic E-state index is 12.0. The summed E-state index contributed by atoms with van der Waals surface area (Å²) < 4.78 is 0. The number of carbonyl (C=O) groups is 1. The van der Waals surface area contributed by atoms with Gasteiger partial charge in [-0.15, -0.1) is 0 Å². The van der Waals surface area contributed by atoms with E-state index in [4.69, 9.17) is 0 Å². The highest BCUT2D eigenvalue weighted by molar-refractivity contribution is 7.07. The number of aromatic hydroxyl groups is 1. The van der Waals surface area contributed by atoms with Crippen LogP contribution in [0.3, 0.4) is 0 Å². The molecule has 0 unspecified atom stereocenters. The largest absolute Gasteiger partial charge is 0.508 e. The van der Waals surface area contributed by atoms with Gasteiger partial charge >= 0.3 is 0 Å². The predicted octanol–water partition coefficient (Wildman–Crippen LogP) is 2.65. The molecular formula is C14H15NO2S. The zero-order valence-corrected chi connectivity index (χ0v) is 11.0. The third-order valence-corrected chi connectivity index (χ3v) is 3.42. The molecule has 18 heavy (non-hydrogen) atoms. The third-order valence-electron chi connectivity index (χ3n) is 2.69. The molecule has 3 nitrogen and oxygen atoms in total. The minimum absolute atomic E-state index is 0.0480. The van der Waals surface area contributed by atoms with Crippen LogP contribution >= 0.6 is 11.3 Å². The molecule has 0 atom stereocenters. The van der Waals surface area contributed by atoms with E-state index >= 15 is 0 Å². The first-order chi connectivity index (χ1) is 8.65. The average molecular weight is 261 g/mol. The van der Waals surface area contributed by atoms with E-state index in [-0.39, 0.29) is 11.7 Å². The van der Waals surface area contributed by atoms with Gasteiger partial charge in [-0.3, -0.25) is 4.79 Å². The van der Waals surface area contributed by atoms with E-state index in [2.05, 4.69) is 0 Å². The van der Waals surface area contributed by atoms with Crippen molar-refractivity contribution in [2.24, 2.45) is 0 Å². The Kier molecular flexibility index (Phi) is 3.99. The lowest BCUT2D eigenvalue weighted by atomic mass is 10.1. The van der Waals surface area contributed by atoms with Gasteiger partial charge in [-0.25, -0.2) is 0 Å². The zero-order valence-electron chi connectivity index (χ0n) is 10.2. The second-order valence-corrected chi connectivity index (χ2v) is 5.01. The Morgan fingerprint density at radius 2 is 2.17 bits per heavy atom. The van der Waals surface area contributed by atoms with Crippen molar-refractivity contribution >= 4 is 17.2 Å². The first-order valence-electron chi connectivity index (χ1n) is 5.68. The molecule has 2 aromatic rings. The van der Waals surface area contributed by atoms with Crippen molar-refractivity contribution in [3.63, 3.8) is 0 Å². The molecule has 1 aromatic heterocycles. The summed E-state index contributed by atoms with van der Waals surface area (Å²) in [7, 11) is 1.79. The maximum atomic E-state index is 12.0. The van der Waals surface area contributed by atoms with Gasteiger partial charge in [-0.1, -0.05) is 12.1 Å². The van der Waals surface area contributed by atoms with Crippen LogP contribution in [0, 0.1) is 0 Å². The number of carbonyl (C=O) groups excluding carboxylic acids is 1. The smallest absolute Gasteiger partial charge is 0.227 e. The molecule has 1 heterocycles. The lowest BCUT2D eigenvalue weighted by Crippen LogP contribution is -2.27. The van der Waals surface area contributed by atoms with Gasteiger partial charge < -0.3 is 10.0 Å². The second kappa shape index (κ2) is 5.69. The molecule has 0 spiro atoms. The van der Waals surface area contributed by atoms with Crippen LogP contribution in [-0.2, 0) is 17.8 Å². The molecule has 4 heteroatoms. The fourth-order valence-electron chi connectivity index (χ4n) is 1.72. The van der Waals surface area contributed by atoms with Gasteiger partial charge in [0, 0.05) is 13.6 Å². The Balaban J connectivity index is 1.95. The number of likely N-dealkylation sites (N-methyl/N-ethyl adjacent to an activating group) is 1. The number of nitrogens with zero attached hydrogens (tertiary/aromatic N) is 1. The van der Waals surface area contributed by atoms with E-state index in [1.807, 2.05) is 22.9 Å². The summed E-state index contributed by atoms with van der Waals surface area (Å²) in [6.45, 7) is 0.626. The highest BCUT2D eigenvalue weighted by atomic mass is 32.1. The van der Waals surface area contributed by atoms with Crippen molar-refractivity contribution in [1.29, 1.82) is 0 Å². The van der Waals surface area contributed by atoms with Crippen molar-refractivity contribution in [1.82, 2.24) is 4.90 Å². The predicted molar refractivity (Wildman–Crippen MR) is 72.6 cm³/mol. The topological polar surface area (TPSA) is 40.5 Å². The molecule has 2 rings (SSSR count). The number of rotatable bonds is 4. The normalized spacial score (nSPS) is 10.3. The second-order valence-electron chi connectivity index (χ2n) is 4.23. The summed E-state index contributed by atoms with van der Waals surface area (Å²) >= 11 is 1.63. The van der Waals surface area contributed by atoms with Crippen molar-refractivity contribution in [3.8, 4) is 5.75 Å². The molecule has 0 saturated heterocycles. The van der Waals surface area contributed by atoms with Crippen molar-refractivity contribution in [2.75, 3.05) is 7.05 Å². The molecule has 0 radical (unpaired) electrons. The number of amides is 1. The molecule has 1 aromatic carbocycles. The number of phenols is 1. The van der Waals surface area contributed by atoms with Crippen LogP contribution in [-0.4, -0.2) is 23.0 Å². The fraction of sp³-hybridized carbons (Fsp3) is 0.214. The van der Waals surface area contributed by atoms with Gasteiger partial charge in [0.2, 0.25) is 5.91 Å². The highest BCUT2D eigenvalue weighted by Gasteiger charge is 2.10. The number of hydrogen-bond acceptors (Lipinski definition) is 3. The summed E-state index contributed by atoms with van der Waals surface area (Å²) in [6, 6.07) is 8.83. The van der Waals surface area contributed by atoms with Gasteiger partial charge in [0.1, 0.15) is 5.75 Å². The van der Waals surface area contributed by atoms with Crippen LogP contribution in [0.25, 0.3) is 0 Å². The fourth-order valence-corrected chi connectivity index (χ4v) is 2.38.